The largest absolute Gasteiger partial charge is 0.368 e. The fourth-order valence-corrected chi connectivity index (χ4v) is 4.19. The van der Waals surface area contributed by atoms with E-state index in [-0.39, 0.29) is 5.91 Å². The van der Waals surface area contributed by atoms with Crippen molar-refractivity contribution in [3.05, 3.63) is 46.8 Å². The Morgan fingerprint density at radius 2 is 1.76 bits per heavy atom. The van der Waals surface area contributed by atoms with Gasteiger partial charge in [0.1, 0.15) is 5.76 Å². The summed E-state index contributed by atoms with van der Waals surface area (Å²) in [6.45, 7) is 10.1. The third kappa shape index (κ3) is 5.29. The van der Waals surface area contributed by atoms with Crippen LogP contribution in [0.2, 0.25) is 5.02 Å². The zero-order valence-electron chi connectivity index (χ0n) is 16.9. The van der Waals surface area contributed by atoms with Gasteiger partial charge in [-0.25, -0.2) is 0 Å². The number of carbonyl (C=O) groups is 1. The van der Waals surface area contributed by atoms with Gasteiger partial charge in [0, 0.05) is 75.7 Å². The lowest BCUT2D eigenvalue weighted by molar-refractivity contribution is -0.133. The molecule has 1 aromatic carbocycles. The smallest absolute Gasteiger partial charge is 0.236 e. The molecule has 0 atom stereocenters. The highest BCUT2D eigenvalue weighted by molar-refractivity contribution is 6.30. The van der Waals surface area contributed by atoms with Crippen LogP contribution in [0.4, 0.5) is 5.69 Å². The number of nitrogens with zero attached hydrogens (tertiary/aromatic N) is 5. The van der Waals surface area contributed by atoms with Gasteiger partial charge in [0.15, 0.2) is 0 Å². The fraction of sp³-hybridized carbons (Fsp3) is 0.524. The first-order chi connectivity index (χ1) is 14.1. The first-order valence-electron chi connectivity index (χ1n) is 10.2. The van der Waals surface area contributed by atoms with E-state index in [1.807, 2.05) is 36.1 Å². The van der Waals surface area contributed by atoms with Gasteiger partial charge in [-0.2, -0.15) is 0 Å². The lowest BCUT2D eigenvalue weighted by Gasteiger charge is -2.38. The van der Waals surface area contributed by atoms with E-state index >= 15 is 0 Å². The summed E-state index contributed by atoms with van der Waals surface area (Å²) < 4.78 is 5.14. The van der Waals surface area contributed by atoms with Crippen molar-refractivity contribution in [3.8, 4) is 0 Å². The number of anilines is 1. The molecule has 2 aromatic rings. The number of benzene rings is 1. The van der Waals surface area contributed by atoms with E-state index < -0.39 is 0 Å². The van der Waals surface area contributed by atoms with Crippen molar-refractivity contribution >= 4 is 23.2 Å². The summed E-state index contributed by atoms with van der Waals surface area (Å²) in [7, 11) is 0. The minimum atomic E-state index is 0.233. The van der Waals surface area contributed by atoms with Crippen molar-refractivity contribution in [2.75, 3.05) is 63.8 Å². The Hall–Kier alpha value is -2.09. The maximum absolute atomic E-state index is 12.7. The highest BCUT2D eigenvalue weighted by atomic mass is 35.5. The van der Waals surface area contributed by atoms with Crippen LogP contribution in [0.3, 0.4) is 0 Å². The molecule has 0 aliphatic carbocycles. The Morgan fingerprint density at radius 3 is 2.41 bits per heavy atom. The minimum Gasteiger partial charge on any atom is -0.368 e. The van der Waals surface area contributed by atoms with Crippen LogP contribution in [0, 0.1) is 6.92 Å². The number of rotatable bonds is 5. The number of hydrogen-bond acceptors (Lipinski definition) is 6. The van der Waals surface area contributed by atoms with Gasteiger partial charge in [-0.3, -0.25) is 14.6 Å². The van der Waals surface area contributed by atoms with Gasteiger partial charge < -0.3 is 14.3 Å². The third-order valence-corrected chi connectivity index (χ3v) is 5.93. The maximum atomic E-state index is 12.7. The van der Waals surface area contributed by atoms with Crippen molar-refractivity contribution in [2.24, 2.45) is 0 Å². The average molecular weight is 418 g/mol. The molecule has 29 heavy (non-hydrogen) atoms. The van der Waals surface area contributed by atoms with E-state index in [0.717, 1.165) is 81.1 Å². The molecule has 1 aromatic heterocycles. The molecule has 2 fully saturated rings. The van der Waals surface area contributed by atoms with Gasteiger partial charge in [-0.15, -0.1) is 0 Å². The van der Waals surface area contributed by atoms with Crippen LogP contribution >= 0.6 is 11.6 Å². The molecule has 3 heterocycles. The molecule has 0 radical (unpaired) electrons. The number of halogens is 1. The lowest BCUT2D eigenvalue weighted by Crippen LogP contribution is -2.53. The molecule has 1 amide bonds. The fourth-order valence-electron chi connectivity index (χ4n) is 4.01. The average Bonchev–Trinajstić information content (AvgIpc) is 3.14. The zero-order valence-corrected chi connectivity index (χ0v) is 17.6. The Bertz CT molecular complexity index is 826. The molecule has 0 unspecified atom stereocenters. The number of amides is 1. The number of aromatic nitrogens is 1. The summed E-state index contributed by atoms with van der Waals surface area (Å²) in [4.78, 5) is 21.7. The van der Waals surface area contributed by atoms with Crippen LogP contribution in [0.1, 0.15) is 11.5 Å². The Labute approximate surface area is 176 Å². The third-order valence-electron chi connectivity index (χ3n) is 5.69. The molecule has 8 heteroatoms. The van der Waals surface area contributed by atoms with Crippen LogP contribution in [0.15, 0.2) is 34.9 Å². The molecular formula is C21H28ClN5O2. The monoisotopic (exact) mass is 417 g/mol. The van der Waals surface area contributed by atoms with Gasteiger partial charge in [-0.05, 0) is 25.1 Å². The topological polar surface area (TPSA) is 56.1 Å². The molecule has 2 saturated heterocycles. The van der Waals surface area contributed by atoms with Crippen LogP contribution in [0.5, 0.6) is 0 Å². The Balaban J connectivity index is 1.19. The summed E-state index contributed by atoms with van der Waals surface area (Å²) in [5.74, 6) is 1.08. The minimum absolute atomic E-state index is 0.233. The van der Waals surface area contributed by atoms with E-state index in [0.29, 0.717) is 6.54 Å². The Kier molecular flexibility index (Phi) is 6.37. The lowest BCUT2D eigenvalue weighted by atomic mass is 10.2. The molecule has 2 aliphatic rings. The van der Waals surface area contributed by atoms with E-state index in [1.165, 1.54) is 0 Å². The highest BCUT2D eigenvalue weighted by Crippen LogP contribution is 2.21. The second-order valence-corrected chi connectivity index (χ2v) is 8.27. The van der Waals surface area contributed by atoms with Crippen molar-refractivity contribution < 1.29 is 9.32 Å². The van der Waals surface area contributed by atoms with Crippen molar-refractivity contribution in [1.29, 1.82) is 0 Å². The second-order valence-electron chi connectivity index (χ2n) is 7.83. The summed E-state index contributed by atoms with van der Waals surface area (Å²) in [6, 6.07) is 9.90. The van der Waals surface area contributed by atoms with Gasteiger partial charge in [0.2, 0.25) is 5.91 Å². The Morgan fingerprint density at radius 1 is 1.03 bits per heavy atom. The molecule has 7 nitrogen and oxygen atoms in total. The molecule has 0 N–H and O–H groups in total. The molecule has 0 saturated carbocycles. The predicted octanol–water partition coefficient (Wildman–Crippen LogP) is 2.10. The van der Waals surface area contributed by atoms with Crippen LogP contribution in [-0.4, -0.2) is 84.7 Å². The number of aryl methyl sites for hydroxylation is 1. The summed E-state index contributed by atoms with van der Waals surface area (Å²) in [6.07, 6.45) is 0. The predicted molar refractivity (Wildman–Crippen MR) is 113 cm³/mol. The second kappa shape index (κ2) is 9.15. The molecule has 2 aliphatic heterocycles. The maximum Gasteiger partial charge on any atom is 0.236 e. The first kappa shape index (κ1) is 20.2. The molecule has 0 spiro atoms. The number of piperazine rings is 2. The van der Waals surface area contributed by atoms with E-state index in [2.05, 4.69) is 25.9 Å². The number of carbonyl (C=O) groups excluding carboxylic acids is 1. The SMILES string of the molecule is Cc1cc(CN2CCN(CC(=O)N3CCN(c4cccc(Cl)c4)CC3)CC2)no1. The first-order valence-corrected chi connectivity index (χ1v) is 10.6. The van der Waals surface area contributed by atoms with Gasteiger partial charge in [0.05, 0.1) is 12.2 Å². The summed E-state index contributed by atoms with van der Waals surface area (Å²) in [5, 5.41) is 4.82. The van der Waals surface area contributed by atoms with Crippen LogP contribution in [0.25, 0.3) is 0 Å². The molecule has 0 bridgehead atoms. The van der Waals surface area contributed by atoms with E-state index in [9.17, 15) is 4.79 Å². The van der Waals surface area contributed by atoms with Gasteiger partial charge >= 0.3 is 0 Å². The molecule has 4 rings (SSSR count). The summed E-state index contributed by atoms with van der Waals surface area (Å²) in [5.41, 5.74) is 2.10. The normalized spacial score (nSPS) is 19.0. The number of hydrogen-bond donors (Lipinski definition) is 0. The van der Waals surface area contributed by atoms with Crippen LogP contribution in [-0.2, 0) is 11.3 Å². The van der Waals surface area contributed by atoms with Crippen LogP contribution < -0.4 is 4.90 Å². The van der Waals surface area contributed by atoms with Gasteiger partial charge in [0.25, 0.3) is 0 Å². The zero-order chi connectivity index (χ0) is 20.2. The van der Waals surface area contributed by atoms with Crippen molar-refractivity contribution in [1.82, 2.24) is 19.9 Å². The van der Waals surface area contributed by atoms with Crippen molar-refractivity contribution in [3.63, 3.8) is 0 Å². The van der Waals surface area contributed by atoms with Gasteiger partial charge in [-0.1, -0.05) is 22.8 Å². The van der Waals surface area contributed by atoms with E-state index in [1.54, 1.807) is 0 Å². The molecule has 156 valence electrons. The summed E-state index contributed by atoms with van der Waals surface area (Å²) >= 11 is 6.10. The van der Waals surface area contributed by atoms with Crippen molar-refractivity contribution in [2.45, 2.75) is 13.5 Å². The van der Waals surface area contributed by atoms with E-state index in [4.69, 9.17) is 16.1 Å². The standard InChI is InChI=1S/C21H28ClN5O2/c1-17-13-19(23-29-17)15-24-5-7-25(8-6-24)16-21(28)27-11-9-26(10-12-27)20-4-2-3-18(22)14-20/h2-4,13-14H,5-12,15-16H2,1H3. The highest BCUT2D eigenvalue weighted by Gasteiger charge is 2.25. The molecular weight excluding hydrogens is 390 g/mol. The quantitative estimate of drug-likeness (QED) is 0.742.